The Morgan fingerprint density at radius 1 is 1.05 bits per heavy atom. The highest BCUT2D eigenvalue weighted by molar-refractivity contribution is 7.21. The Morgan fingerprint density at radius 3 is 2.60 bits per heavy atom. The van der Waals surface area contributed by atoms with E-state index in [0.29, 0.717) is 0 Å². The van der Waals surface area contributed by atoms with Gasteiger partial charge in [0, 0.05) is 12.0 Å². The van der Waals surface area contributed by atoms with E-state index in [9.17, 15) is 5.11 Å². The van der Waals surface area contributed by atoms with Crippen molar-refractivity contribution < 1.29 is 5.11 Å². The molecule has 1 aliphatic carbocycles. The highest BCUT2D eigenvalue weighted by Crippen LogP contribution is 2.41. The maximum atomic E-state index is 10.2. The molecule has 1 aromatic heterocycles. The first-order chi connectivity index (χ1) is 9.73. The fourth-order valence-corrected chi connectivity index (χ4v) is 3.57. The summed E-state index contributed by atoms with van der Waals surface area (Å²) in [5, 5.41) is 11.2. The van der Waals surface area contributed by atoms with E-state index in [1.54, 1.807) is 11.3 Å². The van der Waals surface area contributed by atoms with Gasteiger partial charge in [-0.15, -0.1) is 11.3 Å². The number of fused-ring (bicyclic) bond motifs is 1. The number of hydrogen-bond donors (Lipinski definition) is 1. The topological polar surface area (TPSA) is 33.1 Å². The molecule has 1 heterocycles. The second-order valence-corrected chi connectivity index (χ2v) is 6.58. The standard InChI is InChI=1S/C17H15NOS/c19-17(9-10-17)11-12-5-1-2-6-13(12)16-18-14-7-3-4-8-15(14)20-16/h1-8,19H,9-11H2. The van der Waals surface area contributed by atoms with Crippen LogP contribution in [-0.4, -0.2) is 15.7 Å². The molecule has 100 valence electrons. The molecular weight excluding hydrogens is 266 g/mol. The molecule has 3 aromatic rings. The summed E-state index contributed by atoms with van der Waals surface area (Å²) < 4.78 is 1.21. The molecule has 0 saturated heterocycles. The van der Waals surface area contributed by atoms with Gasteiger partial charge in [-0.3, -0.25) is 0 Å². The molecule has 1 aliphatic rings. The number of aromatic nitrogens is 1. The highest BCUT2D eigenvalue weighted by Gasteiger charge is 2.40. The zero-order chi connectivity index (χ0) is 13.6. The molecule has 1 saturated carbocycles. The van der Waals surface area contributed by atoms with Crippen LogP contribution in [0.4, 0.5) is 0 Å². The van der Waals surface area contributed by atoms with Crippen LogP contribution >= 0.6 is 11.3 Å². The van der Waals surface area contributed by atoms with Crippen molar-refractivity contribution in [1.82, 2.24) is 4.98 Å². The Bertz CT molecular complexity index is 740. The molecule has 0 unspecified atom stereocenters. The third-order valence-corrected chi connectivity index (χ3v) is 4.96. The quantitative estimate of drug-likeness (QED) is 0.786. The van der Waals surface area contributed by atoms with Crippen LogP contribution in [0.3, 0.4) is 0 Å². The average Bonchev–Trinajstić information content (AvgIpc) is 3.03. The van der Waals surface area contributed by atoms with Crippen LogP contribution in [0.2, 0.25) is 0 Å². The summed E-state index contributed by atoms with van der Waals surface area (Å²) in [6.07, 6.45) is 2.57. The molecule has 1 fully saturated rings. The van der Waals surface area contributed by atoms with Crippen LogP contribution in [0.5, 0.6) is 0 Å². The van der Waals surface area contributed by atoms with E-state index >= 15 is 0 Å². The molecule has 0 spiro atoms. The van der Waals surface area contributed by atoms with Gasteiger partial charge in [-0.05, 0) is 30.5 Å². The van der Waals surface area contributed by atoms with Gasteiger partial charge in [0.2, 0.25) is 0 Å². The van der Waals surface area contributed by atoms with Crippen molar-refractivity contribution in [1.29, 1.82) is 0 Å². The molecule has 4 rings (SSSR count). The Labute approximate surface area is 121 Å². The molecule has 1 N–H and O–H groups in total. The van der Waals surface area contributed by atoms with Gasteiger partial charge in [-0.25, -0.2) is 4.98 Å². The van der Waals surface area contributed by atoms with Gasteiger partial charge in [0.05, 0.1) is 15.8 Å². The fraction of sp³-hybridized carbons (Fsp3) is 0.235. The normalized spacial score (nSPS) is 16.4. The Hall–Kier alpha value is -1.71. The first-order valence-electron chi connectivity index (χ1n) is 6.90. The summed E-state index contributed by atoms with van der Waals surface area (Å²) >= 11 is 1.72. The van der Waals surface area contributed by atoms with Crippen LogP contribution < -0.4 is 0 Å². The van der Waals surface area contributed by atoms with Crippen molar-refractivity contribution in [3.8, 4) is 10.6 Å². The lowest BCUT2D eigenvalue weighted by Crippen LogP contribution is -2.11. The SMILES string of the molecule is OC1(Cc2ccccc2-c2nc3ccccc3s2)CC1. The summed E-state index contributed by atoms with van der Waals surface area (Å²) in [7, 11) is 0. The summed E-state index contributed by atoms with van der Waals surface area (Å²) in [5.41, 5.74) is 2.94. The molecule has 2 nitrogen and oxygen atoms in total. The number of benzene rings is 2. The second-order valence-electron chi connectivity index (χ2n) is 5.55. The van der Waals surface area contributed by atoms with Gasteiger partial charge in [-0.2, -0.15) is 0 Å². The third kappa shape index (κ3) is 2.13. The maximum Gasteiger partial charge on any atom is 0.124 e. The molecule has 0 bridgehead atoms. The largest absolute Gasteiger partial charge is 0.390 e. The van der Waals surface area contributed by atoms with Crippen molar-refractivity contribution in [2.75, 3.05) is 0 Å². The number of hydrogen-bond acceptors (Lipinski definition) is 3. The van der Waals surface area contributed by atoms with Crippen LogP contribution in [0, 0.1) is 0 Å². The van der Waals surface area contributed by atoms with Crippen molar-refractivity contribution in [3.05, 3.63) is 54.1 Å². The predicted molar refractivity (Wildman–Crippen MR) is 82.9 cm³/mol. The molecular formula is C17H15NOS. The summed E-state index contributed by atoms with van der Waals surface area (Å²) in [5.74, 6) is 0. The zero-order valence-corrected chi connectivity index (χ0v) is 11.9. The first-order valence-corrected chi connectivity index (χ1v) is 7.71. The monoisotopic (exact) mass is 281 g/mol. The molecule has 0 atom stereocenters. The Kier molecular flexibility index (Phi) is 2.65. The minimum absolute atomic E-state index is 0.465. The third-order valence-electron chi connectivity index (χ3n) is 3.89. The minimum atomic E-state index is -0.465. The second kappa shape index (κ2) is 4.40. The van der Waals surface area contributed by atoms with Crippen molar-refractivity contribution in [2.24, 2.45) is 0 Å². The van der Waals surface area contributed by atoms with Crippen molar-refractivity contribution in [3.63, 3.8) is 0 Å². The van der Waals surface area contributed by atoms with E-state index in [-0.39, 0.29) is 0 Å². The lowest BCUT2D eigenvalue weighted by molar-refractivity contribution is 0.151. The van der Waals surface area contributed by atoms with Gasteiger partial charge in [0.25, 0.3) is 0 Å². The minimum Gasteiger partial charge on any atom is -0.390 e. The molecule has 0 radical (unpaired) electrons. The summed E-state index contributed by atoms with van der Waals surface area (Å²) in [6.45, 7) is 0. The molecule has 20 heavy (non-hydrogen) atoms. The number of aliphatic hydroxyl groups is 1. The molecule has 3 heteroatoms. The number of rotatable bonds is 3. The maximum absolute atomic E-state index is 10.2. The lowest BCUT2D eigenvalue weighted by Gasteiger charge is -2.11. The Morgan fingerprint density at radius 2 is 1.80 bits per heavy atom. The van der Waals surface area contributed by atoms with E-state index in [4.69, 9.17) is 4.98 Å². The van der Waals surface area contributed by atoms with E-state index in [1.807, 2.05) is 30.3 Å². The van der Waals surface area contributed by atoms with Crippen molar-refractivity contribution in [2.45, 2.75) is 24.9 Å². The van der Waals surface area contributed by atoms with Gasteiger partial charge >= 0.3 is 0 Å². The summed E-state index contributed by atoms with van der Waals surface area (Å²) in [4.78, 5) is 4.73. The lowest BCUT2D eigenvalue weighted by atomic mass is 10.0. The van der Waals surface area contributed by atoms with Gasteiger partial charge in [-0.1, -0.05) is 36.4 Å². The number of para-hydroxylation sites is 1. The van der Waals surface area contributed by atoms with Gasteiger partial charge in [0.15, 0.2) is 0 Å². The highest BCUT2D eigenvalue weighted by atomic mass is 32.1. The van der Waals surface area contributed by atoms with E-state index in [0.717, 1.165) is 35.4 Å². The average molecular weight is 281 g/mol. The van der Waals surface area contributed by atoms with Crippen LogP contribution in [0.15, 0.2) is 48.5 Å². The summed E-state index contributed by atoms with van der Waals surface area (Å²) in [6, 6.07) is 16.5. The smallest absolute Gasteiger partial charge is 0.124 e. The molecule has 0 aliphatic heterocycles. The zero-order valence-electron chi connectivity index (χ0n) is 11.0. The number of thiazole rings is 1. The van der Waals surface area contributed by atoms with Crippen LogP contribution in [0.1, 0.15) is 18.4 Å². The van der Waals surface area contributed by atoms with Gasteiger partial charge < -0.3 is 5.11 Å². The number of nitrogens with zero attached hydrogens (tertiary/aromatic N) is 1. The van der Waals surface area contributed by atoms with Crippen LogP contribution in [-0.2, 0) is 6.42 Å². The van der Waals surface area contributed by atoms with E-state index in [2.05, 4.69) is 18.2 Å². The fourth-order valence-electron chi connectivity index (χ4n) is 2.55. The van der Waals surface area contributed by atoms with Crippen LogP contribution in [0.25, 0.3) is 20.8 Å². The van der Waals surface area contributed by atoms with Crippen molar-refractivity contribution >= 4 is 21.6 Å². The van der Waals surface area contributed by atoms with E-state index < -0.39 is 5.60 Å². The molecule has 2 aromatic carbocycles. The molecule has 0 amide bonds. The first kappa shape index (κ1) is 12.1. The van der Waals surface area contributed by atoms with E-state index in [1.165, 1.54) is 10.3 Å². The predicted octanol–water partition coefficient (Wildman–Crippen LogP) is 4.03. The Balaban J connectivity index is 1.80. The van der Waals surface area contributed by atoms with Gasteiger partial charge in [0.1, 0.15) is 5.01 Å².